The lowest BCUT2D eigenvalue weighted by atomic mass is 10.2. The molecule has 0 heterocycles. The van der Waals surface area contributed by atoms with Crippen LogP contribution in [0.4, 0.5) is 5.69 Å². The standard InChI is InChI=1S/C20H23N3O/c1-14(2)23(20(13-21)16(4)22)17-7-11-19(12-8-17)24-18-9-5-15(3)6-10-18/h5-12,14H,22H2,1-4H3/b20-16+. The zero-order chi connectivity index (χ0) is 17.7. The van der Waals surface area contributed by atoms with Gasteiger partial charge in [-0.2, -0.15) is 5.26 Å². The van der Waals surface area contributed by atoms with Crippen molar-refractivity contribution in [2.75, 3.05) is 4.90 Å². The summed E-state index contributed by atoms with van der Waals surface area (Å²) >= 11 is 0. The highest BCUT2D eigenvalue weighted by molar-refractivity contribution is 5.58. The Kier molecular flexibility index (Phi) is 5.49. The SMILES string of the molecule is C/C(N)=C(/C#N)N(c1ccc(Oc2ccc(C)cc2)cc1)C(C)C. The molecular formula is C20H23N3O. The molecule has 2 aromatic rings. The molecule has 2 aromatic carbocycles. The van der Waals surface area contributed by atoms with Crippen LogP contribution in [0.3, 0.4) is 0 Å². The highest BCUT2D eigenvalue weighted by Crippen LogP contribution is 2.28. The minimum absolute atomic E-state index is 0.113. The van der Waals surface area contributed by atoms with Crippen molar-refractivity contribution in [1.82, 2.24) is 0 Å². The summed E-state index contributed by atoms with van der Waals surface area (Å²) in [5.74, 6) is 1.54. The monoisotopic (exact) mass is 321 g/mol. The molecule has 0 aromatic heterocycles. The molecule has 0 aliphatic carbocycles. The number of nitrogens with two attached hydrogens (primary N) is 1. The average Bonchev–Trinajstić information content (AvgIpc) is 2.55. The van der Waals surface area contributed by atoms with E-state index >= 15 is 0 Å². The van der Waals surface area contributed by atoms with E-state index in [0.717, 1.165) is 17.2 Å². The van der Waals surface area contributed by atoms with Gasteiger partial charge in [-0.25, -0.2) is 0 Å². The Morgan fingerprint density at radius 1 is 1.04 bits per heavy atom. The van der Waals surface area contributed by atoms with Crippen LogP contribution in [0.1, 0.15) is 26.3 Å². The summed E-state index contributed by atoms with van der Waals surface area (Å²) in [6.45, 7) is 7.83. The molecule has 4 nitrogen and oxygen atoms in total. The van der Waals surface area contributed by atoms with Gasteiger partial charge in [0.15, 0.2) is 0 Å². The second-order valence-corrected chi connectivity index (χ2v) is 6.02. The summed E-state index contributed by atoms with van der Waals surface area (Å²) in [6, 6.07) is 17.9. The Labute approximate surface area is 143 Å². The molecular weight excluding hydrogens is 298 g/mol. The van der Waals surface area contributed by atoms with Crippen molar-refractivity contribution >= 4 is 5.69 Å². The van der Waals surface area contributed by atoms with Gasteiger partial charge in [-0.05, 0) is 64.1 Å². The number of nitrogens with zero attached hydrogens (tertiary/aromatic N) is 2. The van der Waals surface area contributed by atoms with Crippen LogP contribution in [-0.4, -0.2) is 6.04 Å². The van der Waals surface area contributed by atoms with E-state index in [2.05, 4.69) is 6.07 Å². The third kappa shape index (κ3) is 4.08. The van der Waals surface area contributed by atoms with Gasteiger partial charge in [0, 0.05) is 17.4 Å². The molecule has 0 atom stereocenters. The van der Waals surface area contributed by atoms with Crippen molar-refractivity contribution in [1.29, 1.82) is 5.26 Å². The fourth-order valence-electron chi connectivity index (χ4n) is 2.43. The van der Waals surface area contributed by atoms with Gasteiger partial charge in [0.2, 0.25) is 0 Å². The molecule has 4 heteroatoms. The maximum absolute atomic E-state index is 9.39. The lowest BCUT2D eigenvalue weighted by molar-refractivity contribution is 0.482. The first-order chi connectivity index (χ1) is 11.4. The van der Waals surface area contributed by atoms with Crippen molar-refractivity contribution in [3.63, 3.8) is 0 Å². The topological polar surface area (TPSA) is 62.3 Å². The molecule has 124 valence electrons. The maximum Gasteiger partial charge on any atom is 0.139 e. The second kappa shape index (κ2) is 7.56. The van der Waals surface area contributed by atoms with Gasteiger partial charge >= 0.3 is 0 Å². The van der Waals surface area contributed by atoms with Crippen LogP contribution in [0.15, 0.2) is 59.9 Å². The summed E-state index contributed by atoms with van der Waals surface area (Å²) in [4.78, 5) is 1.92. The first-order valence-electron chi connectivity index (χ1n) is 7.92. The van der Waals surface area contributed by atoms with Crippen LogP contribution in [0.2, 0.25) is 0 Å². The number of allylic oxidation sites excluding steroid dienone is 2. The van der Waals surface area contributed by atoms with Crippen LogP contribution in [-0.2, 0) is 0 Å². The minimum Gasteiger partial charge on any atom is -0.457 e. The van der Waals surface area contributed by atoms with E-state index in [1.54, 1.807) is 6.92 Å². The van der Waals surface area contributed by atoms with E-state index in [1.807, 2.05) is 74.2 Å². The summed E-state index contributed by atoms with van der Waals surface area (Å²) in [7, 11) is 0. The smallest absolute Gasteiger partial charge is 0.139 e. The van der Waals surface area contributed by atoms with Gasteiger partial charge < -0.3 is 15.4 Å². The van der Waals surface area contributed by atoms with Crippen molar-refractivity contribution in [3.05, 3.63) is 65.5 Å². The van der Waals surface area contributed by atoms with E-state index in [-0.39, 0.29) is 6.04 Å². The van der Waals surface area contributed by atoms with E-state index in [1.165, 1.54) is 5.56 Å². The lowest BCUT2D eigenvalue weighted by Crippen LogP contribution is -2.31. The van der Waals surface area contributed by atoms with Gasteiger partial charge in [0.1, 0.15) is 23.3 Å². The highest BCUT2D eigenvalue weighted by atomic mass is 16.5. The van der Waals surface area contributed by atoms with E-state index in [9.17, 15) is 5.26 Å². The van der Waals surface area contributed by atoms with Gasteiger partial charge in [-0.3, -0.25) is 0 Å². The molecule has 24 heavy (non-hydrogen) atoms. The molecule has 0 aliphatic heterocycles. The highest BCUT2D eigenvalue weighted by Gasteiger charge is 2.17. The van der Waals surface area contributed by atoms with E-state index in [4.69, 9.17) is 10.5 Å². The average molecular weight is 321 g/mol. The predicted molar refractivity (Wildman–Crippen MR) is 97.8 cm³/mol. The number of rotatable bonds is 5. The van der Waals surface area contributed by atoms with Crippen LogP contribution in [0.25, 0.3) is 0 Å². The minimum atomic E-state index is 0.113. The van der Waals surface area contributed by atoms with Crippen LogP contribution in [0.5, 0.6) is 11.5 Å². The molecule has 0 bridgehead atoms. The molecule has 0 fully saturated rings. The summed E-state index contributed by atoms with van der Waals surface area (Å²) < 4.78 is 5.84. The zero-order valence-corrected chi connectivity index (χ0v) is 14.6. The zero-order valence-electron chi connectivity index (χ0n) is 14.6. The molecule has 2 N–H and O–H groups in total. The molecule has 0 saturated heterocycles. The number of benzene rings is 2. The third-order valence-electron chi connectivity index (χ3n) is 3.61. The van der Waals surface area contributed by atoms with Gasteiger partial charge in [-0.1, -0.05) is 17.7 Å². The van der Waals surface area contributed by atoms with Crippen molar-refractivity contribution in [2.24, 2.45) is 5.73 Å². The van der Waals surface area contributed by atoms with Crippen molar-refractivity contribution < 1.29 is 4.74 Å². The van der Waals surface area contributed by atoms with Crippen LogP contribution >= 0.6 is 0 Å². The quantitative estimate of drug-likeness (QED) is 0.810. The molecule has 2 rings (SSSR count). The first-order valence-corrected chi connectivity index (χ1v) is 7.92. The van der Waals surface area contributed by atoms with Crippen LogP contribution < -0.4 is 15.4 Å². The normalized spacial score (nSPS) is 11.7. The number of hydrogen-bond acceptors (Lipinski definition) is 4. The number of nitriles is 1. The van der Waals surface area contributed by atoms with Crippen LogP contribution in [0, 0.1) is 18.3 Å². The van der Waals surface area contributed by atoms with Gasteiger partial charge in [0.05, 0.1) is 0 Å². The Bertz CT molecular complexity index is 749. The Hall–Kier alpha value is -2.93. The Balaban J connectivity index is 2.25. The fraction of sp³-hybridized carbons (Fsp3) is 0.250. The van der Waals surface area contributed by atoms with Crippen molar-refractivity contribution in [2.45, 2.75) is 33.7 Å². The van der Waals surface area contributed by atoms with Gasteiger partial charge in [0.25, 0.3) is 0 Å². The Morgan fingerprint density at radius 2 is 1.54 bits per heavy atom. The van der Waals surface area contributed by atoms with E-state index in [0.29, 0.717) is 11.4 Å². The molecule has 0 radical (unpaired) electrons. The maximum atomic E-state index is 9.39. The molecule has 0 aliphatic rings. The molecule has 0 saturated carbocycles. The number of hydrogen-bond donors (Lipinski definition) is 1. The predicted octanol–water partition coefficient (Wildman–Crippen LogP) is 4.72. The Morgan fingerprint density at radius 3 is 1.96 bits per heavy atom. The molecule has 0 spiro atoms. The summed E-state index contributed by atoms with van der Waals surface area (Å²) in [5.41, 5.74) is 8.93. The largest absolute Gasteiger partial charge is 0.457 e. The number of ether oxygens (including phenoxy) is 1. The summed E-state index contributed by atoms with van der Waals surface area (Å²) in [5, 5.41) is 9.39. The third-order valence-corrected chi connectivity index (χ3v) is 3.61. The van der Waals surface area contributed by atoms with Gasteiger partial charge in [-0.15, -0.1) is 0 Å². The number of anilines is 1. The second-order valence-electron chi connectivity index (χ2n) is 6.02. The molecule has 0 unspecified atom stereocenters. The fourth-order valence-corrected chi connectivity index (χ4v) is 2.43. The number of aryl methyl sites for hydroxylation is 1. The first kappa shape index (κ1) is 17.4. The molecule has 0 amide bonds. The van der Waals surface area contributed by atoms with E-state index < -0.39 is 0 Å². The summed E-state index contributed by atoms with van der Waals surface area (Å²) in [6.07, 6.45) is 0. The van der Waals surface area contributed by atoms with Crippen molar-refractivity contribution in [3.8, 4) is 17.6 Å². The lowest BCUT2D eigenvalue weighted by Gasteiger charge is -2.28.